The van der Waals surface area contributed by atoms with Crippen LogP contribution < -0.4 is 5.73 Å². The molecular formula is C9H21NOSn. The maximum absolute atomic E-state index is 5.64. The van der Waals surface area contributed by atoms with Crippen LogP contribution in [0.1, 0.15) is 39.5 Å². The van der Waals surface area contributed by atoms with Gasteiger partial charge < -0.3 is 0 Å². The maximum atomic E-state index is 5.64. The Morgan fingerprint density at radius 3 is 2.75 bits per heavy atom. The van der Waals surface area contributed by atoms with Crippen molar-refractivity contribution in [1.82, 2.24) is 0 Å². The zero-order chi connectivity index (χ0) is 9.23. The van der Waals surface area contributed by atoms with E-state index in [1.165, 1.54) is 30.1 Å². The van der Waals surface area contributed by atoms with E-state index < -0.39 is 21.6 Å². The summed E-state index contributed by atoms with van der Waals surface area (Å²) in [6.07, 6.45) is 4.96. The molecule has 3 heteroatoms. The first-order valence-corrected chi connectivity index (χ1v) is 8.06. The van der Waals surface area contributed by atoms with Crippen molar-refractivity contribution in [3.63, 3.8) is 0 Å². The molecule has 0 aliphatic heterocycles. The molecule has 2 nitrogen and oxygen atoms in total. The van der Waals surface area contributed by atoms with E-state index >= 15 is 0 Å². The normalized spacial score (nSPS) is 13.2. The number of hydrogen-bond donors (Lipinski definition) is 1. The standard InChI is InChI=1S/C6H14N.C3H7O.Sn/c1-3-4-5-6(2)7;1-2-3-4;/h6H,1,3-5,7H2,2H3;2-3H2,1H3;/q;-1;+1. The molecule has 72 valence electrons. The van der Waals surface area contributed by atoms with Crippen LogP contribution in [0.15, 0.2) is 0 Å². The third-order valence-electron chi connectivity index (χ3n) is 1.60. The summed E-state index contributed by atoms with van der Waals surface area (Å²) in [7, 11) is 0. The Morgan fingerprint density at radius 2 is 2.17 bits per heavy atom. The van der Waals surface area contributed by atoms with Gasteiger partial charge >= 0.3 is 87.0 Å². The molecule has 0 saturated heterocycles. The van der Waals surface area contributed by atoms with Crippen molar-refractivity contribution in [2.75, 3.05) is 6.61 Å². The fourth-order valence-corrected chi connectivity index (χ4v) is 3.44. The number of rotatable bonds is 8. The van der Waals surface area contributed by atoms with Crippen LogP contribution in [0.25, 0.3) is 0 Å². The summed E-state index contributed by atoms with van der Waals surface area (Å²) >= 11 is -0.434. The molecule has 0 amide bonds. The van der Waals surface area contributed by atoms with Crippen molar-refractivity contribution in [1.29, 1.82) is 0 Å². The van der Waals surface area contributed by atoms with Gasteiger partial charge in [0.05, 0.1) is 0 Å². The number of hydrogen-bond acceptors (Lipinski definition) is 2. The van der Waals surface area contributed by atoms with Crippen molar-refractivity contribution >= 4 is 21.6 Å². The molecule has 0 aromatic rings. The molecule has 0 aliphatic carbocycles. The van der Waals surface area contributed by atoms with Crippen molar-refractivity contribution < 1.29 is 3.07 Å². The van der Waals surface area contributed by atoms with Crippen molar-refractivity contribution in [3.05, 3.63) is 0 Å². The van der Waals surface area contributed by atoms with Gasteiger partial charge in [0.2, 0.25) is 0 Å². The first-order valence-electron chi connectivity index (χ1n) is 4.87. The van der Waals surface area contributed by atoms with E-state index in [0.29, 0.717) is 6.04 Å². The summed E-state index contributed by atoms with van der Waals surface area (Å²) in [5, 5.41) is 0. The molecule has 0 saturated carbocycles. The molecule has 1 atom stereocenters. The Hall–Kier alpha value is 0.719. The van der Waals surface area contributed by atoms with Gasteiger partial charge in [0, 0.05) is 0 Å². The first kappa shape index (κ1) is 12.7. The molecule has 1 unspecified atom stereocenters. The second-order valence-electron chi connectivity index (χ2n) is 3.22. The van der Waals surface area contributed by atoms with Crippen LogP contribution in [0.4, 0.5) is 0 Å². The summed E-state index contributed by atoms with van der Waals surface area (Å²) in [5.41, 5.74) is 5.64. The fourth-order valence-electron chi connectivity index (χ4n) is 0.910. The molecule has 2 N–H and O–H groups in total. The van der Waals surface area contributed by atoms with E-state index in [1.807, 2.05) is 0 Å². The number of unbranched alkanes of at least 4 members (excludes halogenated alkanes) is 1. The Labute approximate surface area is 87.0 Å². The predicted octanol–water partition coefficient (Wildman–Crippen LogP) is 1.97. The molecule has 0 aromatic heterocycles. The van der Waals surface area contributed by atoms with Gasteiger partial charge in [-0.1, -0.05) is 0 Å². The fraction of sp³-hybridized carbons (Fsp3) is 1.00. The molecule has 12 heavy (non-hydrogen) atoms. The van der Waals surface area contributed by atoms with Gasteiger partial charge in [0.25, 0.3) is 0 Å². The van der Waals surface area contributed by atoms with Crippen LogP contribution in [0, 0.1) is 0 Å². The molecule has 0 fully saturated rings. The van der Waals surface area contributed by atoms with Crippen molar-refractivity contribution in [3.8, 4) is 0 Å². The average Bonchev–Trinajstić information content (AvgIpc) is 2.02. The van der Waals surface area contributed by atoms with E-state index in [-0.39, 0.29) is 0 Å². The minimum atomic E-state index is -0.434. The average molecular weight is 278 g/mol. The predicted molar refractivity (Wildman–Crippen MR) is 54.3 cm³/mol. The van der Waals surface area contributed by atoms with E-state index in [9.17, 15) is 0 Å². The zero-order valence-corrected chi connectivity index (χ0v) is 11.2. The molecule has 0 aliphatic rings. The molecule has 0 rings (SSSR count). The molecule has 0 aromatic carbocycles. The Balaban J connectivity index is 2.82. The van der Waals surface area contributed by atoms with Gasteiger partial charge in [0.1, 0.15) is 0 Å². The monoisotopic (exact) mass is 279 g/mol. The Morgan fingerprint density at radius 1 is 1.42 bits per heavy atom. The van der Waals surface area contributed by atoms with Crippen LogP contribution in [-0.2, 0) is 3.07 Å². The van der Waals surface area contributed by atoms with E-state index in [1.54, 1.807) is 0 Å². The second-order valence-corrected chi connectivity index (χ2v) is 6.29. The van der Waals surface area contributed by atoms with Crippen LogP contribution >= 0.6 is 0 Å². The van der Waals surface area contributed by atoms with Crippen LogP contribution in [0.5, 0.6) is 0 Å². The van der Waals surface area contributed by atoms with Gasteiger partial charge in [-0.15, -0.1) is 0 Å². The summed E-state index contributed by atoms with van der Waals surface area (Å²) < 4.78 is 6.89. The van der Waals surface area contributed by atoms with Crippen LogP contribution in [-0.4, -0.2) is 34.2 Å². The zero-order valence-electron chi connectivity index (χ0n) is 8.31. The van der Waals surface area contributed by atoms with Crippen molar-refractivity contribution in [2.45, 2.75) is 50.0 Å². The van der Waals surface area contributed by atoms with Crippen LogP contribution in [0.2, 0.25) is 4.44 Å². The van der Waals surface area contributed by atoms with Gasteiger partial charge in [-0.05, 0) is 0 Å². The quantitative estimate of drug-likeness (QED) is 0.544. The van der Waals surface area contributed by atoms with Gasteiger partial charge in [-0.3, -0.25) is 0 Å². The van der Waals surface area contributed by atoms with Gasteiger partial charge in [-0.25, -0.2) is 0 Å². The molecule has 2 radical (unpaired) electrons. The summed E-state index contributed by atoms with van der Waals surface area (Å²) in [4.78, 5) is 0. The molecule has 0 heterocycles. The minimum absolute atomic E-state index is 0.381. The van der Waals surface area contributed by atoms with Crippen molar-refractivity contribution in [2.24, 2.45) is 5.73 Å². The SMILES string of the molecule is CCC[O][Sn][CH2]CCCC(C)N. The molecule has 0 bridgehead atoms. The Kier molecular flexibility index (Phi) is 10.4. The van der Waals surface area contributed by atoms with Gasteiger partial charge in [-0.2, -0.15) is 0 Å². The summed E-state index contributed by atoms with van der Waals surface area (Å²) in [6, 6.07) is 0.381. The first-order chi connectivity index (χ1) is 5.77. The number of nitrogens with two attached hydrogens (primary N) is 1. The molecule has 0 spiro atoms. The third kappa shape index (κ3) is 10.7. The molecular weight excluding hydrogens is 257 g/mol. The topological polar surface area (TPSA) is 35.2 Å². The third-order valence-corrected chi connectivity index (χ3v) is 4.35. The van der Waals surface area contributed by atoms with E-state index in [4.69, 9.17) is 8.81 Å². The summed E-state index contributed by atoms with van der Waals surface area (Å²) in [6.45, 7) is 5.22. The second kappa shape index (κ2) is 9.80. The Bertz CT molecular complexity index is 88.6. The van der Waals surface area contributed by atoms with Crippen LogP contribution in [0.3, 0.4) is 0 Å². The van der Waals surface area contributed by atoms with Gasteiger partial charge in [0.15, 0.2) is 0 Å². The van der Waals surface area contributed by atoms with E-state index in [2.05, 4.69) is 13.8 Å². The summed E-state index contributed by atoms with van der Waals surface area (Å²) in [5.74, 6) is 0. The van der Waals surface area contributed by atoms with E-state index in [0.717, 1.165) is 6.61 Å².